The van der Waals surface area contributed by atoms with Crippen molar-refractivity contribution in [1.29, 1.82) is 0 Å². The molecule has 3 N–H and O–H groups in total. The van der Waals surface area contributed by atoms with Crippen LogP contribution in [0.4, 0.5) is 0 Å². The van der Waals surface area contributed by atoms with Gasteiger partial charge in [-0.3, -0.25) is 0 Å². The summed E-state index contributed by atoms with van der Waals surface area (Å²) >= 11 is 0. The highest BCUT2D eigenvalue weighted by atomic mass is 31.2. The summed E-state index contributed by atoms with van der Waals surface area (Å²) in [5.74, 6) is 0. The van der Waals surface area contributed by atoms with Gasteiger partial charge in [-0.05, 0) is 33.6 Å². The molecule has 0 amide bonds. The number of phosphoric ester groups is 1. The van der Waals surface area contributed by atoms with Crippen molar-refractivity contribution in [2.45, 2.75) is 40.1 Å². The van der Waals surface area contributed by atoms with E-state index in [4.69, 9.17) is 14.9 Å². The standard InChI is InChI=1S/C11H21O6P/c1-9(2)5-4-6-10(3)7-8-16-11(12)17-18(13,14)15/h5,7,11-12H,4,6,8H2,1-3H3,(H2,13,14,15)/b10-7+/t11-/m0/s1. The van der Waals surface area contributed by atoms with Crippen molar-refractivity contribution in [3.8, 4) is 0 Å². The van der Waals surface area contributed by atoms with Crippen LogP contribution < -0.4 is 0 Å². The lowest BCUT2D eigenvalue weighted by molar-refractivity contribution is -0.217. The summed E-state index contributed by atoms with van der Waals surface area (Å²) in [5.41, 5.74) is 2.32. The summed E-state index contributed by atoms with van der Waals surface area (Å²) in [6.07, 6.45) is 5.63. The van der Waals surface area contributed by atoms with Crippen LogP contribution in [0.3, 0.4) is 0 Å². The highest BCUT2D eigenvalue weighted by Crippen LogP contribution is 2.37. The summed E-state index contributed by atoms with van der Waals surface area (Å²) in [6, 6.07) is 0. The van der Waals surface area contributed by atoms with Crippen LogP contribution in [-0.2, 0) is 13.8 Å². The van der Waals surface area contributed by atoms with Crippen LogP contribution >= 0.6 is 7.82 Å². The molecule has 18 heavy (non-hydrogen) atoms. The Morgan fingerprint density at radius 2 is 1.89 bits per heavy atom. The van der Waals surface area contributed by atoms with Crippen LogP contribution in [-0.4, -0.2) is 28.0 Å². The minimum atomic E-state index is -4.72. The molecule has 0 aliphatic rings. The third kappa shape index (κ3) is 12.0. The largest absolute Gasteiger partial charge is 0.473 e. The topological polar surface area (TPSA) is 96.2 Å². The van der Waals surface area contributed by atoms with Crippen molar-refractivity contribution in [3.63, 3.8) is 0 Å². The van der Waals surface area contributed by atoms with Gasteiger partial charge in [0.15, 0.2) is 0 Å². The van der Waals surface area contributed by atoms with E-state index in [1.807, 2.05) is 20.8 Å². The van der Waals surface area contributed by atoms with Gasteiger partial charge in [-0.1, -0.05) is 23.3 Å². The number of aliphatic hydroxyl groups excluding tert-OH is 1. The predicted octanol–water partition coefficient (Wildman–Crippen LogP) is 2.08. The first-order valence-corrected chi connectivity index (χ1v) is 7.06. The molecule has 0 spiro atoms. The molecular weight excluding hydrogens is 259 g/mol. The maximum absolute atomic E-state index is 10.4. The molecule has 7 heteroatoms. The Hall–Kier alpha value is -0.490. The van der Waals surface area contributed by atoms with E-state index in [0.29, 0.717) is 0 Å². The normalized spacial score (nSPS) is 14.4. The summed E-state index contributed by atoms with van der Waals surface area (Å²) in [5, 5.41) is 8.97. The fourth-order valence-electron chi connectivity index (χ4n) is 1.11. The maximum atomic E-state index is 10.4. The molecule has 0 aromatic carbocycles. The van der Waals surface area contributed by atoms with Crippen molar-refractivity contribution in [2.75, 3.05) is 6.61 Å². The lowest BCUT2D eigenvalue weighted by Crippen LogP contribution is -2.14. The third-order valence-corrected chi connectivity index (χ3v) is 2.44. The smallest absolute Gasteiger partial charge is 0.345 e. The fraction of sp³-hybridized carbons (Fsp3) is 0.636. The summed E-state index contributed by atoms with van der Waals surface area (Å²) in [6.45, 7) is 4.07. The number of hydrogen-bond acceptors (Lipinski definition) is 4. The molecule has 0 fully saturated rings. The van der Waals surface area contributed by atoms with Gasteiger partial charge >= 0.3 is 7.82 Å². The molecule has 0 unspecified atom stereocenters. The fourth-order valence-corrected chi connectivity index (χ4v) is 1.41. The highest BCUT2D eigenvalue weighted by molar-refractivity contribution is 7.46. The highest BCUT2D eigenvalue weighted by Gasteiger charge is 2.20. The molecule has 0 heterocycles. The first-order valence-electron chi connectivity index (χ1n) is 5.53. The molecule has 0 saturated carbocycles. The van der Waals surface area contributed by atoms with Crippen LogP contribution in [0.5, 0.6) is 0 Å². The van der Waals surface area contributed by atoms with E-state index in [1.165, 1.54) is 5.57 Å². The second-order valence-corrected chi connectivity index (χ2v) is 5.30. The quantitative estimate of drug-likeness (QED) is 0.358. The van der Waals surface area contributed by atoms with Crippen LogP contribution in [0.1, 0.15) is 33.6 Å². The Labute approximate surface area is 107 Å². The summed E-state index contributed by atoms with van der Waals surface area (Å²) in [4.78, 5) is 16.8. The minimum absolute atomic E-state index is 0.0296. The predicted molar refractivity (Wildman–Crippen MR) is 67.5 cm³/mol. The van der Waals surface area contributed by atoms with Gasteiger partial charge in [0.2, 0.25) is 0 Å². The van der Waals surface area contributed by atoms with E-state index in [1.54, 1.807) is 6.08 Å². The van der Waals surface area contributed by atoms with Crippen LogP contribution in [0.25, 0.3) is 0 Å². The number of allylic oxidation sites excluding steroid dienone is 3. The van der Waals surface area contributed by atoms with E-state index >= 15 is 0 Å². The SMILES string of the molecule is CC(C)=CCC/C(C)=C/CO[C@H](O)OP(=O)(O)O. The average molecular weight is 280 g/mol. The maximum Gasteiger partial charge on any atom is 0.473 e. The number of hydrogen-bond donors (Lipinski definition) is 3. The minimum Gasteiger partial charge on any atom is -0.345 e. The Bertz CT molecular complexity index is 339. The average Bonchev–Trinajstić information content (AvgIpc) is 2.13. The Morgan fingerprint density at radius 3 is 2.39 bits per heavy atom. The number of aliphatic hydroxyl groups is 1. The summed E-state index contributed by atoms with van der Waals surface area (Å²) in [7, 11) is -4.72. The van der Waals surface area contributed by atoms with Gasteiger partial charge in [-0.15, -0.1) is 0 Å². The summed E-state index contributed by atoms with van der Waals surface area (Å²) < 4.78 is 18.9. The first-order chi connectivity index (χ1) is 8.20. The molecule has 0 aliphatic heterocycles. The third-order valence-electron chi connectivity index (χ3n) is 1.99. The molecule has 0 bridgehead atoms. The van der Waals surface area contributed by atoms with Gasteiger partial charge in [0.05, 0.1) is 6.61 Å². The zero-order valence-corrected chi connectivity index (χ0v) is 11.8. The molecule has 106 valence electrons. The lowest BCUT2D eigenvalue weighted by atomic mass is 10.1. The second-order valence-electron chi connectivity index (χ2n) is 4.11. The molecule has 0 aromatic rings. The molecule has 0 saturated heterocycles. The number of phosphoric acid groups is 1. The van der Waals surface area contributed by atoms with E-state index in [0.717, 1.165) is 18.4 Å². The molecule has 0 aliphatic carbocycles. The van der Waals surface area contributed by atoms with Crippen molar-refractivity contribution < 1.29 is 28.7 Å². The lowest BCUT2D eigenvalue weighted by Gasteiger charge is -2.11. The Kier molecular flexibility index (Phi) is 8.35. The van der Waals surface area contributed by atoms with Crippen molar-refractivity contribution in [1.82, 2.24) is 0 Å². The Balaban J connectivity index is 3.87. The molecule has 1 atom stereocenters. The second kappa shape index (κ2) is 8.58. The van der Waals surface area contributed by atoms with Gasteiger partial charge in [-0.2, -0.15) is 0 Å². The molecular formula is C11H21O6P. The van der Waals surface area contributed by atoms with Gasteiger partial charge in [0.25, 0.3) is 6.48 Å². The van der Waals surface area contributed by atoms with Crippen LogP contribution in [0.15, 0.2) is 23.3 Å². The van der Waals surface area contributed by atoms with Crippen molar-refractivity contribution in [2.24, 2.45) is 0 Å². The zero-order valence-electron chi connectivity index (χ0n) is 10.9. The van der Waals surface area contributed by atoms with Gasteiger partial charge in [-0.25, -0.2) is 9.09 Å². The van der Waals surface area contributed by atoms with Crippen LogP contribution in [0, 0.1) is 0 Å². The number of rotatable bonds is 8. The molecule has 6 nitrogen and oxygen atoms in total. The van der Waals surface area contributed by atoms with E-state index in [9.17, 15) is 4.57 Å². The monoisotopic (exact) mass is 280 g/mol. The van der Waals surface area contributed by atoms with Crippen LogP contribution in [0.2, 0.25) is 0 Å². The van der Waals surface area contributed by atoms with E-state index in [-0.39, 0.29) is 6.61 Å². The van der Waals surface area contributed by atoms with Crippen molar-refractivity contribution >= 4 is 7.82 Å². The molecule has 0 radical (unpaired) electrons. The molecule has 0 rings (SSSR count). The first kappa shape index (κ1) is 17.5. The Morgan fingerprint density at radius 1 is 1.28 bits per heavy atom. The van der Waals surface area contributed by atoms with E-state index in [2.05, 4.69) is 15.3 Å². The van der Waals surface area contributed by atoms with Gasteiger partial charge in [0, 0.05) is 0 Å². The van der Waals surface area contributed by atoms with E-state index < -0.39 is 14.3 Å². The van der Waals surface area contributed by atoms with Gasteiger partial charge in [0.1, 0.15) is 0 Å². The zero-order chi connectivity index (χ0) is 14.2. The molecule has 0 aromatic heterocycles. The number of ether oxygens (including phenoxy) is 1. The van der Waals surface area contributed by atoms with Gasteiger partial charge < -0.3 is 19.6 Å². The van der Waals surface area contributed by atoms with Crippen molar-refractivity contribution in [3.05, 3.63) is 23.3 Å².